The van der Waals surface area contributed by atoms with E-state index in [-0.39, 0.29) is 12.6 Å². The molecular formula is C11H20O3. The van der Waals surface area contributed by atoms with Gasteiger partial charge in [0.25, 0.3) is 0 Å². The fourth-order valence-electron chi connectivity index (χ4n) is 1.08. The molecule has 0 spiro atoms. The third-order valence-electron chi connectivity index (χ3n) is 2.20. The van der Waals surface area contributed by atoms with E-state index >= 15 is 0 Å². The summed E-state index contributed by atoms with van der Waals surface area (Å²) in [6.45, 7) is 6.24. The molecule has 0 aromatic carbocycles. The molecule has 0 heterocycles. The van der Waals surface area contributed by atoms with Gasteiger partial charge in [-0.05, 0) is 39.2 Å². The predicted octanol–water partition coefficient (Wildman–Crippen LogP) is 2.05. The highest BCUT2D eigenvalue weighted by Crippen LogP contribution is 2.11. The molecule has 0 saturated carbocycles. The van der Waals surface area contributed by atoms with Gasteiger partial charge in [0.15, 0.2) is 0 Å². The van der Waals surface area contributed by atoms with E-state index in [0.717, 1.165) is 24.0 Å². The van der Waals surface area contributed by atoms with Gasteiger partial charge >= 0.3 is 5.97 Å². The average molecular weight is 200 g/mol. The van der Waals surface area contributed by atoms with Crippen molar-refractivity contribution >= 4 is 5.97 Å². The highest BCUT2D eigenvalue weighted by Gasteiger charge is 2.02. The molecule has 0 amide bonds. The van der Waals surface area contributed by atoms with Gasteiger partial charge in [-0.2, -0.15) is 0 Å². The third-order valence-corrected chi connectivity index (χ3v) is 2.20. The molecular weight excluding hydrogens is 180 g/mol. The minimum absolute atomic E-state index is 0.102. The first-order valence-corrected chi connectivity index (χ1v) is 5.03. The summed E-state index contributed by atoms with van der Waals surface area (Å²) in [7, 11) is 0. The van der Waals surface area contributed by atoms with Crippen molar-refractivity contribution in [3.05, 3.63) is 11.1 Å². The Hall–Kier alpha value is -0.830. The lowest BCUT2D eigenvalue weighted by Crippen LogP contribution is -2.03. The molecule has 0 unspecified atom stereocenters. The van der Waals surface area contributed by atoms with E-state index in [0.29, 0.717) is 13.0 Å². The van der Waals surface area contributed by atoms with Crippen LogP contribution in [-0.4, -0.2) is 24.3 Å². The molecule has 0 bridgehead atoms. The van der Waals surface area contributed by atoms with Crippen LogP contribution in [0.25, 0.3) is 0 Å². The second-order valence-corrected chi connectivity index (χ2v) is 3.38. The van der Waals surface area contributed by atoms with Crippen LogP contribution in [0.4, 0.5) is 0 Å². The van der Waals surface area contributed by atoms with Crippen molar-refractivity contribution in [1.82, 2.24) is 0 Å². The second-order valence-electron chi connectivity index (χ2n) is 3.38. The molecule has 0 saturated heterocycles. The minimum atomic E-state index is -0.137. The number of rotatable bonds is 6. The Labute approximate surface area is 85.8 Å². The van der Waals surface area contributed by atoms with Crippen molar-refractivity contribution in [2.24, 2.45) is 0 Å². The summed E-state index contributed by atoms with van der Waals surface area (Å²) < 4.78 is 4.81. The summed E-state index contributed by atoms with van der Waals surface area (Å²) in [5, 5.41) is 8.85. The van der Waals surface area contributed by atoms with Gasteiger partial charge in [-0.1, -0.05) is 5.57 Å². The van der Waals surface area contributed by atoms with E-state index in [1.54, 1.807) is 6.92 Å². The zero-order valence-corrected chi connectivity index (χ0v) is 9.30. The van der Waals surface area contributed by atoms with Crippen LogP contribution in [0, 0.1) is 0 Å². The summed E-state index contributed by atoms with van der Waals surface area (Å²) in [5.41, 5.74) is 2.16. The van der Waals surface area contributed by atoms with Crippen LogP contribution in [0.2, 0.25) is 0 Å². The quantitative estimate of drug-likeness (QED) is 0.527. The van der Waals surface area contributed by atoms with E-state index in [1.165, 1.54) is 0 Å². The first-order valence-electron chi connectivity index (χ1n) is 5.03. The number of aliphatic hydroxyl groups excluding tert-OH is 1. The zero-order chi connectivity index (χ0) is 11.0. The molecule has 0 aliphatic rings. The molecule has 3 nitrogen and oxygen atoms in total. The molecule has 82 valence electrons. The molecule has 0 aromatic rings. The lowest BCUT2D eigenvalue weighted by molar-refractivity contribution is -0.143. The minimum Gasteiger partial charge on any atom is -0.466 e. The number of hydrogen-bond donors (Lipinski definition) is 1. The highest BCUT2D eigenvalue weighted by atomic mass is 16.5. The predicted molar refractivity (Wildman–Crippen MR) is 55.9 cm³/mol. The topological polar surface area (TPSA) is 46.5 Å². The molecule has 0 radical (unpaired) electrons. The Bertz CT molecular complexity index is 207. The zero-order valence-electron chi connectivity index (χ0n) is 9.30. The maximum absolute atomic E-state index is 11.0. The molecule has 0 aliphatic heterocycles. The van der Waals surface area contributed by atoms with Gasteiger partial charge in [0.05, 0.1) is 13.2 Å². The molecule has 0 fully saturated rings. The number of allylic oxidation sites excluding steroid dienone is 1. The molecule has 1 N–H and O–H groups in total. The summed E-state index contributed by atoms with van der Waals surface area (Å²) in [5.74, 6) is -0.137. The summed E-state index contributed by atoms with van der Waals surface area (Å²) in [4.78, 5) is 11.0. The normalized spacial score (nSPS) is 12.3. The monoisotopic (exact) mass is 200 g/mol. The van der Waals surface area contributed by atoms with E-state index in [9.17, 15) is 4.79 Å². The molecule has 0 rings (SSSR count). The summed E-state index contributed by atoms with van der Waals surface area (Å²) in [6.07, 6.45) is 2.11. The van der Waals surface area contributed by atoms with Gasteiger partial charge in [-0.25, -0.2) is 0 Å². The van der Waals surface area contributed by atoms with Crippen molar-refractivity contribution in [2.75, 3.05) is 13.2 Å². The first kappa shape index (κ1) is 13.2. The molecule has 3 heteroatoms. The van der Waals surface area contributed by atoms with Gasteiger partial charge in [-0.3, -0.25) is 4.79 Å². The number of carbonyl (C=O) groups is 1. The average Bonchev–Trinajstić information content (AvgIpc) is 2.16. The number of ether oxygens (including phenoxy) is 1. The van der Waals surface area contributed by atoms with E-state index in [4.69, 9.17) is 9.84 Å². The Morgan fingerprint density at radius 1 is 1.21 bits per heavy atom. The number of carbonyl (C=O) groups excluding carboxylic acids is 1. The fraction of sp³-hybridized carbons (Fsp3) is 0.727. The van der Waals surface area contributed by atoms with Crippen molar-refractivity contribution in [2.45, 2.75) is 40.0 Å². The van der Waals surface area contributed by atoms with Crippen molar-refractivity contribution in [3.8, 4) is 0 Å². The van der Waals surface area contributed by atoms with Gasteiger partial charge in [-0.15, -0.1) is 0 Å². The van der Waals surface area contributed by atoms with E-state index in [2.05, 4.69) is 0 Å². The van der Waals surface area contributed by atoms with Crippen LogP contribution < -0.4 is 0 Å². The van der Waals surface area contributed by atoms with Gasteiger partial charge in [0.1, 0.15) is 0 Å². The van der Waals surface area contributed by atoms with Crippen molar-refractivity contribution in [3.63, 3.8) is 0 Å². The third kappa shape index (κ3) is 5.75. The first-order chi connectivity index (χ1) is 6.61. The van der Waals surface area contributed by atoms with Gasteiger partial charge in [0, 0.05) is 6.42 Å². The van der Waals surface area contributed by atoms with Gasteiger partial charge in [0.2, 0.25) is 0 Å². The molecule has 0 aliphatic carbocycles. The Kier molecular flexibility index (Phi) is 7.11. The molecule has 0 aromatic heterocycles. The van der Waals surface area contributed by atoms with Crippen LogP contribution in [-0.2, 0) is 9.53 Å². The Morgan fingerprint density at radius 2 is 1.86 bits per heavy atom. The lowest BCUT2D eigenvalue weighted by atomic mass is 10.1. The Morgan fingerprint density at radius 3 is 2.36 bits per heavy atom. The largest absolute Gasteiger partial charge is 0.466 e. The van der Waals surface area contributed by atoms with Crippen molar-refractivity contribution < 1.29 is 14.6 Å². The van der Waals surface area contributed by atoms with Crippen molar-refractivity contribution in [1.29, 1.82) is 0 Å². The molecule has 0 atom stereocenters. The Balaban J connectivity index is 3.69. The smallest absolute Gasteiger partial charge is 0.305 e. The summed E-state index contributed by atoms with van der Waals surface area (Å²) >= 11 is 0. The number of hydrogen-bond acceptors (Lipinski definition) is 3. The van der Waals surface area contributed by atoms with Crippen LogP contribution in [0.1, 0.15) is 40.0 Å². The summed E-state index contributed by atoms with van der Waals surface area (Å²) in [6, 6.07) is 0. The van der Waals surface area contributed by atoms with Crippen LogP contribution in [0.5, 0.6) is 0 Å². The maximum Gasteiger partial charge on any atom is 0.305 e. The SMILES string of the molecule is CCOC(=O)CCC/C(C)=C(/C)CO. The fourth-order valence-corrected chi connectivity index (χ4v) is 1.08. The van der Waals surface area contributed by atoms with E-state index in [1.807, 2.05) is 13.8 Å². The van der Waals surface area contributed by atoms with Crippen LogP contribution in [0.3, 0.4) is 0 Å². The van der Waals surface area contributed by atoms with Crippen LogP contribution >= 0.6 is 0 Å². The second kappa shape index (κ2) is 7.56. The lowest BCUT2D eigenvalue weighted by Gasteiger charge is -2.05. The van der Waals surface area contributed by atoms with Gasteiger partial charge < -0.3 is 9.84 Å². The number of esters is 1. The van der Waals surface area contributed by atoms with E-state index < -0.39 is 0 Å². The standard InChI is InChI=1S/C11H20O3/c1-4-14-11(13)7-5-6-9(2)10(3)8-12/h12H,4-8H2,1-3H3/b10-9-. The highest BCUT2D eigenvalue weighted by molar-refractivity contribution is 5.69. The number of aliphatic hydroxyl groups is 1. The molecule has 14 heavy (non-hydrogen) atoms. The van der Waals surface area contributed by atoms with Crippen LogP contribution in [0.15, 0.2) is 11.1 Å². The maximum atomic E-state index is 11.0.